The summed E-state index contributed by atoms with van der Waals surface area (Å²) < 4.78 is 0. The fraction of sp³-hybridized carbons (Fsp3) is 0.364. The molecule has 0 fully saturated rings. The number of benzene rings is 2. The minimum atomic E-state index is -0.966. The lowest BCUT2D eigenvalue weighted by atomic mass is 9.74. The van der Waals surface area contributed by atoms with E-state index in [2.05, 4.69) is 57.2 Å². The molecule has 0 radical (unpaired) electrons. The lowest BCUT2D eigenvalue weighted by Crippen LogP contribution is -3.12. The van der Waals surface area contributed by atoms with Gasteiger partial charge in [0.15, 0.2) is 0 Å². The smallest absolute Gasteiger partial charge is 0.124 e. The van der Waals surface area contributed by atoms with Crippen molar-refractivity contribution in [3.05, 3.63) is 70.8 Å². The number of aliphatic hydroxyl groups is 1. The van der Waals surface area contributed by atoms with Crippen LogP contribution in [0.2, 0.25) is 0 Å². The minimum absolute atomic E-state index is 0. The lowest BCUT2D eigenvalue weighted by Gasteiger charge is -2.37. The van der Waals surface area contributed by atoms with E-state index in [0.717, 1.165) is 41.9 Å². The summed E-state index contributed by atoms with van der Waals surface area (Å²) in [6.45, 7) is 9.73. The summed E-state index contributed by atoms with van der Waals surface area (Å²) in [5.74, 6) is 0.120. The molecule has 0 saturated carbocycles. The molecule has 0 saturated heterocycles. The fourth-order valence-corrected chi connectivity index (χ4v) is 3.95. The quantitative estimate of drug-likeness (QED) is 0.772. The monoisotopic (exact) mass is 357 g/mol. The Bertz CT molecular complexity index is 687. The van der Waals surface area contributed by atoms with E-state index in [4.69, 9.17) is 0 Å². The van der Waals surface area contributed by atoms with Crippen LogP contribution >= 0.6 is 0 Å². The highest BCUT2D eigenvalue weighted by Crippen LogP contribution is 2.42. The normalized spacial score (nSPS) is 15.7. The van der Waals surface area contributed by atoms with Crippen molar-refractivity contribution in [3.8, 4) is 0 Å². The predicted octanol–water partition coefficient (Wildman–Crippen LogP) is -0.0289. The van der Waals surface area contributed by atoms with Crippen LogP contribution in [-0.4, -0.2) is 24.7 Å². The molecule has 0 bridgehead atoms. The van der Waals surface area contributed by atoms with Gasteiger partial charge in [0.05, 0.1) is 19.6 Å². The van der Waals surface area contributed by atoms with Crippen LogP contribution in [0, 0.1) is 5.92 Å². The molecule has 1 aliphatic rings. The summed E-state index contributed by atoms with van der Waals surface area (Å²) in [6, 6.07) is 16.5. The molecule has 2 aromatic carbocycles. The highest BCUT2D eigenvalue weighted by Gasteiger charge is 2.42. The van der Waals surface area contributed by atoms with Crippen LogP contribution in [0.3, 0.4) is 0 Å². The Labute approximate surface area is 157 Å². The van der Waals surface area contributed by atoms with Gasteiger partial charge in [0.25, 0.3) is 0 Å². The molecular formula is C22H28ClNO. The molecule has 134 valence electrons. The first-order valence-electron chi connectivity index (χ1n) is 9.04. The second-order valence-electron chi connectivity index (χ2n) is 6.84. The third-order valence-electron chi connectivity index (χ3n) is 5.49. The van der Waals surface area contributed by atoms with Gasteiger partial charge in [0.2, 0.25) is 0 Å². The van der Waals surface area contributed by atoms with Gasteiger partial charge in [0.1, 0.15) is 5.60 Å². The van der Waals surface area contributed by atoms with Gasteiger partial charge in [-0.25, -0.2) is 0 Å². The Hall–Kier alpha value is -1.61. The van der Waals surface area contributed by atoms with Crippen LogP contribution < -0.4 is 17.3 Å². The number of nitrogens with one attached hydrogen (secondary N) is 1. The summed E-state index contributed by atoms with van der Waals surface area (Å²) in [5.41, 5.74) is 3.29. The van der Waals surface area contributed by atoms with Crippen LogP contribution in [0.25, 0.3) is 12.2 Å². The van der Waals surface area contributed by atoms with E-state index in [-0.39, 0.29) is 18.3 Å². The Morgan fingerprint density at radius 3 is 1.76 bits per heavy atom. The van der Waals surface area contributed by atoms with E-state index < -0.39 is 5.60 Å². The zero-order valence-electron chi connectivity index (χ0n) is 15.3. The van der Waals surface area contributed by atoms with E-state index in [1.54, 1.807) is 0 Å². The topological polar surface area (TPSA) is 24.7 Å². The van der Waals surface area contributed by atoms with Gasteiger partial charge in [-0.1, -0.05) is 67.6 Å². The maximum Gasteiger partial charge on any atom is 0.124 e. The molecule has 0 heterocycles. The summed E-state index contributed by atoms with van der Waals surface area (Å²) in [5, 5.41) is 12.0. The molecule has 1 unspecified atom stereocenters. The lowest BCUT2D eigenvalue weighted by molar-refractivity contribution is -0.900. The van der Waals surface area contributed by atoms with E-state index in [1.165, 1.54) is 4.90 Å². The summed E-state index contributed by atoms with van der Waals surface area (Å²) in [6.07, 6.45) is 4.26. The second-order valence-corrected chi connectivity index (χ2v) is 6.84. The van der Waals surface area contributed by atoms with Crippen molar-refractivity contribution < 1.29 is 22.4 Å². The molecule has 2 aromatic rings. The van der Waals surface area contributed by atoms with Gasteiger partial charge < -0.3 is 22.4 Å². The van der Waals surface area contributed by atoms with E-state index in [1.807, 2.05) is 24.3 Å². The van der Waals surface area contributed by atoms with Crippen molar-refractivity contribution in [1.82, 2.24) is 0 Å². The first-order chi connectivity index (χ1) is 11.6. The highest BCUT2D eigenvalue weighted by molar-refractivity contribution is 5.77. The maximum atomic E-state index is 12.0. The van der Waals surface area contributed by atoms with E-state index in [9.17, 15) is 5.11 Å². The molecule has 2 N–H and O–H groups in total. The Morgan fingerprint density at radius 2 is 1.32 bits per heavy atom. The summed E-state index contributed by atoms with van der Waals surface area (Å²) >= 11 is 0. The predicted molar refractivity (Wildman–Crippen MR) is 101 cm³/mol. The standard InChI is InChI=1S/C22H27NO.ClH/c1-4-23(5-2)16-17(3)22(24)20-12-8-6-10-18(20)14-15-19-11-7-9-13-21(19)22;/h6-15,17,24H,4-5,16H2,1-3H3;1H. The molecule has 3 heteroatoms. The number of halogens is 1. The largest absolute Gasteiger partial charge is 1.00 e. The average molecular weight is 358 g/mol. The molecule has 0 aliphatic heterocycles. The zero-order chi connectivity index (χ0) is 17.2. The van der Waals surface area contributed by atoms with Crippen molar-refractivity contribution in [2.24, 2.45) is 5.92 Å². The van der Waals surface area contributed by atoms with Crippen LogP contribution in [-0.2, 0) is 5.60 Å². The molecule has 0 aromatic heterocycles. The highest BCUT2D eigenvalue weighted by atomic mass is 35.5. The molecule has 1 atom stereocenters. The number of quaternary nitrogens is 1. The Balaban J connectivity index is 0.00000225. The third kappa shape index (κ3) is 3.52. The van der Waals surface area contributed by atoms with Crippen LogP contribution in [0.15, 0.2) is 48.5 Å². The number of rotatable bonds is 5. The van der Waals surface area contributed by atoms with Gasteiger partial charge in [-0.2, -0.15) is 0 Å². The van der Waals surface area contributed by atoms with E-state index in [0.29, 0.717) is 0 Å². The second kappa shape index (κ2) is 8.18. The minimum Gasteiger partial charge on any atom is -1.00 e. The van der Waals surface area contributed by atoms with Crippen molar-refractivity contribution in [1.29, 1.82) is 0 Å². The third-order valence-corrected chi connectivity index (χ3v) is 5.49. The van der Waals surface area contributed by atoms with Gasteiger partial charge in [-0.3, -0.25) is 0 Å². The summed E-state index contributed by atoms with van der Waals surface area (Å²) in [4.78, 5) is 1.52. The van der Waals surface area contributed by atoms with Crippen molar-refractivity contribution in [2.75, 3.05) is 19.6 Å². The van der Waals surface area contributed by atoms with Crippen molar-refractivity contribution >= 4 is 12.2 Å². The molecule has 1 aliphatic carbocycles. The first kappa shape index (κ1) is 19.7. The molecule has 0 spiro atoms. The molecule has 3 rings (SSSR count). The van der Waals surface area contributed by atoms with Crippen molar-refractivity contribution in [3.63, 3.8) is 0 Å². The van der Waals surface area contributed by atoms with Gasteiger partial charge >= 0.3 is 0 Å². The van der Waals surface area contributed by atoms with Crippen LogP contribution in [0.4, 0.5) is 0 Å². The van der Waals surface area contributed by atoms with Crippen LogP contribution in [0.1, 0.15) is 43.0 Å². The number of fused-ring (bicyclic) bond motifs is 2. The number of hydrogen-bond donors (Lipinski definition) is 2. The van der Waals surface area contributed by atoms with E-state index >= 15 is 0 Å². The van der Waals surface area contributed by atoms with Gasteiger partial charge in [-0.15, -0.1) is 0 Å². The molecular weight excluding hydrogens is 330 g/mol. The van der Waals surface area contributed by atoms with Crippen molar-refractivity contribution in [2.45, 2.75) is 26.4 Å². The number of hydrogen-bond acceptors (Lipinski definition) is 1. The SMILES string of the molecule is CC[NH+](CC)CC(C)C1(O)c2ccccc2C=Cc2ccccc21.[Cl-]. The average Bonchev–Trinajstić information content (AvgIpc) is 2.76. The Kier molecular flexibility index (Phi) is 6.45. The van der Waals surface area contributed by atoms with Gasteiger partial charge in [0, 0.05) is 5.92 Å². The zero-order valence-corrected chi connectivity index (χ0v) is 16.1. The van der Waals surface area contributed by atoms with Crippen LogP contribution in [0.5, 0.6) is 0 Å². The molecule has 2 nitrogen and oxygen atoms in total. The fourth-order valence-electron chi connectivity index (χ4n) is 3.95. The summed E-state index contributed by atoms with van der Waals surface area (Å²) in [7, 11) is 0. The first-order valence-corrected chi connectivity index (χ1v) is 9.04. The van der Waals surface area contributed by atoms with Gasteiger partial charge in [-0.05, 0) is 36.1 Å². The maximum absolute atomic E-state index is 12.0. The Morgan fingerprint density at radius 1 is 0.880 bits per heavy atom. The molecule has 0 amide bonds. The molecule has 25 heavy (non-hydrogen) atoms.